The second-order valence-electron chi connectivity index (χ2n) is 5.91. The van der Waals surface area contributed by atoms with Crippen molar-refractivity contribution in [2.45, 2.75) is 6.54 Å². The quantitative estimate of drug-likeness (QED) is 0.499. The third-order valence-corrected chi connectivity index (χ3v) is 6.26. The maximum absolute atomic E-state index is 12.4. The molecule has 0 atom stereocenters. The Kier molecular flexibility index (Phi) is 4.99. The summed E-state index contributed by atoms with van der Waals surface area (Å²) < 4.78 is 2.25. The van der Waals surface area contributed by atoms with Crippen LogP contribution in [0.4, 0.5) is 5.69 Å². The number of nitrogens with zero attached hydrogens (tertiary/aromatic N) is 2. The van der Waals surface area contributed by atoms with Crippen molar-refractivity contribution < 1.29 is 5.11 Å². The number of allylic oxidation sites excluding steroid dienone is 1. The normalized spacial score (nSPS) is 14.1. The number of hydrogen-bond donors (Lipinski definition) is 1. The van der Waals surface area contributed by atoms with E-state index in [1.807, 2.05) is 18.2 Å². The molecule has 0 saturated heterocycles. The zero-order chi connectivity index (χ0) is 19.1. The third kappa shape index (κ3) is 3.62. The van der Waals surface area contributed by atoms with Gasteiger partial charge in [0.15, 0.2) is 0 Å². The van der Waals surface area contributed by atoms with Crippen molar-refractivity contribution in [1.29, 1.82) is 0 Å². The van der Waals surface area contributed by atoms with Crippen LogP contribution in [0.15, 0.2) is 50.7 Å². The fourth-order valence-electron chi connectivity index (χ4n) is 2.79. The van der Waals surface area contributed by atoms with Crippen LogP contribution < -0.4 is 4.87 Å². The first-order chi connectivity index (χ1) is 12.9. The lowest BCUT2D eigenvalue weighted by Crippen LogP contribution is -2.13. The minimum absolute atomic E-state index is 0.0829. The Morgan fingerprint density at radius 1 is 1.19 bits per heavy atom. The van der Waals surface area contributed by atoms with Crippen LogP contribution in [0.3, 0.4) is 0 Å². The van der Waals surface area contributed by atoms with Crippen molar-refractivity contribution in [2.75, 3.05) is 0 Å². The minimum atomic E-state index is -0.255. The molecule has 0 amide bonds. The van der Waals surface area contributed by atoms with Crippen LogP contribution in [-0.2, 0) is 6.54 Å². The van der Waals surface area contributed by atoms with Crippen LogP contribution in [0.1, 0.15) is 16.0 Å². The van der Waals surface area contributed by atoms with Gasteiger partial charge in [0.25, 0.3) is 0 Å². The molecule has 1 N–H and O–H groups in total. The summed E-state index contributed by atoms with van der Waals surface area (Å²) in [5.41, 5.74) is 3.41. The van der Waals surface area contributed by atoms with Crippen molar-refractivity contribution in [1.82, 2.24) is 4.57 Å². The van der Waals surface area contributed by atoms with Crippen molar-refractivity contribution in [3.63, 3.8) is 0 Å². The monoisotopic (exact) mass is 480 g/mol. The Hall–Kier alpha value is -1.86. The summed E-state index contributed by atoms with van der Waals surface area (Å²) >= 11 is 16.4. The maximum Gasteiger partial charge on any atom is 0.310 e. The molecule has 1 aliphatic rings. The summed E-state index contributed by atoms with van der Waals surface area (Å²) in [5.74, 6) is -0.0829. The van der Waals surface area contributed by atoms with Crippen LogP contribution in [0.2, 0.25) is 10.0 Å². The van der Waals surface area contributed by atoms with Crippen molar-refractivity contribution in [3.8, 4) is 5.88 Å². The minimum Gasteiger partial charge on any atom is -0.493 e. The summed E-state index contributed by atoms with van der Waals surface area (Å²) in [7, 11) is 0. The molecular weight excluding hydrogens is 471 g/mol. The van der Waals surface area contributed by atoms with Gasteiger partial charge in [-0.1, -0.05) is 56.5 Å². The van der Waals surface area contributed by atoms with Crippen molar-refractivity contribution >= 4 is 74.0 Å². The van der Waals surface area contributed by atoms with Crippen LogP contribution in [0, 0.1) is 0 Å². The van der Waals surface area contributed by atoms with E-state index in [2.05, 4.69) is 20.9 Å². The molecule has 0 unspecified atom stereocenters. The van der Waals surface area contributed by atoms with Crippen molar-refractivity contribution in [3.05, 3.63) is 76.6 Å². The van der Waals surface area contributed by atoms with Gasteiger partial charge < -0.3 is 5.11 Å². The number of halogens is 3. The molecule has 136 valence electrons. The molecule has 0 spiro atoms. The van der Waals surface area contributed by atoms with E-state index in [4.69, 9.17) is 23.2 Å². The smallest absolute Gasteiger partial charge is 0.310 e. The number of aromatic nitrogens is 1. The molecule has 1 aliphatic heterocycles. The van der Waals surface area contributed by atoms with Gasteiger partial charge in [-0.15, -0.1) is 0 Å². The summed E-state index contributed by atoms with van der Waals surface area (Å²) in [6.07, 6.45) is 3.50. The van der Waals surface area contributed by atoms with E-state index in [9.17, 15) is 9.90 Å². The molecule has 4 rings (SSSR count). The highest BCUT2D eigenvalue weighted by Gasteiger charge is 2.17. The van der Waals surface area contributed by atoms with Crippen LogP contribution in [-0.4, -0.2) is 15.9 Å². The lowest BCUT2D eigenvalue weighted by molar-refractivity contribution is 0.420. The average molecular weight is 482 g/mol. The largest absolute Gasteiger partial charge is 0.493 e. The number of thiazole rings is 1. The van der Waals surface area contributed by atoms with E-state index in [-0.39, 0.29) is 17.3 Å². The molecule has 27 heavy (non-hydrogen) atoms. The van der Waals surface area contributed by atoms with E-state index in [1.165, 1.54) is 4.57 Å². The third-order valence-electron chi connectivity index (χ3n) is 4.12. The summed E-state index contributed by atoms with van der Waals surface area (Å²) in [4.78, 5) is 17.0. The lowest BCUT2D eigenvalue weighted by atomic mass is 10.1. The van der Waals surface area contributed by atoms with Crippen LogP contribution in [0.5, 0.6) is 5.88 Å². The predicted octanol–water partition coefficient (Wildman–Crippen LogP) is 5.99. The molecular formula is C19H11BrCl2N2O2S. The molecule has 0 radical (unpaired) electrons. The van der Waals surface area contributed by atoms with Gasteiger partial charge >= 0.3 is 4.87 Å². The van der Waals surface area contributed by atoms with Gasteiger partial charge in [0, 0.05) is 21.8 Å². The highest BCUT2D eigenvalue weighted by atomic mass is 79.9. The molecule has 3 aromatic rings. The highest BCUT2D eigenvalue weighted by molar-refractivity contribution is 9.10. The number of aromatic hydroxyl groups is 1. The molecule has 0 bridgehead atoms. The summed E-state index contributed by atoms with van der Waals surface area (Å²) in [6.45, 7) is 0.206. The second kappa shape index (κ2) is 7.28. The molecule has 0 aliphatic carbocycles. The fourth-order valence-corrected chi connectivity index (χ4v) is 4.30. The molecule has 4 nitrogen and oxygen atoms in total. The Bertz CT molecular complexity index is 1180. The summed E-state index contributed by atoms with van der Waals surface area (Å²) in [5, 5.41) is 11.4. The number of aliphatic imine (C=N–C) groups is 1. The van der Waals surface area contributed by atoms with Crippen molar-refractivity contribution in [2.24, 2.45) is 4.99 Å². The van der Waals surface area contributed by atoms with E-state index in [0.717, 1.165) is 38.2 Å². The molecule has 8 heteroatoms. The molecule has 0 saturated carbocycles. The number of rotatable bonds is 3. The average Bonchev–Trinajstić information content (AvgIpc) is 3.14. The van der Waals surface area contributed by atoms with Crippen LogP contribution in [0.25, 0.3) is 11.6 Å². The van der Waals surface area contributed by atoms with E-state index < -0.39 is 0 Å². The lowest BCUT2D eigenvalue weighted by Gasteiger charge is -2.05. The van der Waals surface area contributed by atoms with E-state index in [0.29, 0.717) is 14.9 Å². The fraction of sp³-hybridized carbons (Fsp3) is 0.0526. The molecule has 0 fully saturated rings. The van der Waals surface area contributed by atoms with E-state index >= 15 is 0 Å². The maximum atomic E-state index is 12.4. The first-order valence-corrected chi connectivity index (χ1v) is 10.2. The van der Waals surface area contributed by atoms with E-state index in [1.54, 1.807) is 30.5 Å². The summed E-state index contributed by atoms with van der Waals surface area (Å²) in [6, 6.07) is 10.9. The van der Waals surface area contributed by atoms with Gasteiger partial charge in [0.05, 0.1) is 27.2 Å². The SMILES string of the molecule is O=c1sc(/C=C2/C=Nc3ccc(Br)cc32)c(O)n1Cc1ccc(Cl)c(Cl)c1. The Balaban J connectivity index is 1.70. The van der Waals surface area contributed by atoms with Gasteiger partial charge in [-0.25, -0.2) is 0 Å². The van der Waals surface area contributed by atoms with Gasteiger partial charge in [-0.3, -0.25) is 14.4 Å². The zero-order valence-electron chi connectivity index (χ0n) is 13.6. The topological polar surface area (TPSA) is 54.6 Å². The number of hydrogen-bond acceptors (Lipinski definition) is 4. The number of fused-ring (bicyclic) bond motifs is 1. The highest BCUT2D eigenvalue weighted by Crippen LogP contribution is 2.36. The molecule has 2 heterocycles. The Labute approximate surface area is 177 Å². The van der Waals surface area contributed by atoms with Crippen LogP contribution >= 0.6 is 50.5 Å². The first kappa shape index (κ1) is 18.5. The zero-order valence-corrected chi connectivity index (χ0v) is 17.5. The standard InChI is InChI=1S/C19H11BrCl2N2O2S/c20-12-2-4-16-13(7-12)11(8-23-16)6-17-18(25)24(19(26)27-17)9-10-1-3-14(21)15(22)5-10/h1-8,25H,9H2/b11-6-. The van der Waals surface area contributed by atoms with Gasteiger partial charge in [0.2, 0.25) is 5.88 Å². The molecule has 1 aromatic heterocycles. The van der Waals surface area contributed by atoms with Gasteiger partial charge in [-0.2, -0.15) is 0 Å². The van der Waals surface area contributed by atoms with Gasteiger partial charge in [0.1, 0.15) is 0 Å². The van der Waals surface area contributed by atoms with Gasteiger partial charge in [-0.05, 0) is 42.0 Å². The molecule has 2 aromatic carbocycles. The Morgan fingerprint density at radius 2 is 2.00 bits per heavy atom. The Morgan fingerprint density at radius 3 is 2.78 bits per heavy atom. The number of benzene rings is 2. The second-order valence-corrected chi connectivity index (χ2v) is 8.63. The predicted molar refractivity (Wildman–Crippen MR) is 116 cm³/mol. The first-order valence-electron chi connectivity index (χ1n) is 7.84.